The number of aromatic nitrogens is 1. The zero-order valence-electron chi connectivity index (χ0n) is 11.7. The summed E-state index contributed by atoms with van der Waals surface area (Å²) in [5.41, 5.74) is 6.72. The highest BCUT2D eigenvalue weighted by Crippen LogP contribution is 2.38. The van der Waals surface area contributed by atoms with Gasteiger partial charge in [-0.2, -0.15) is 0 Å². The lowest BCUT2D eigenvalue weighted by atomic mass is 10.2. The summed E-state index contributed by atoms with van der Waals surface area (Å²) in [4.78, 5) is 12.0. The molecule has 116 valence electrons. The molecular formula is C14H13ClN2O5. The van der Waals surface area contributed by atoms with Gasteiger partial charge in [-0.25, -0.2) is 4.79 Å². The van der Waals surface area contributed by atoms with E-state index in [9.17, 15) is 4.79 Å². The van der Waals surface area contributed by atoms with Crippen LogP contribution in [0.3, 0.4) is 0 Å². The summed E-state index contributed by atoms with van der Waals surface area (Å²) in [6, 6.07) is 3.38. The zero-order chi connectivity index (χ0) is 15.7. The van der Waals surface area contributed by atoms with Gasteiger partial charge in [-0.15, -0.1) is 0 Å². The molecule has 2 aromatic rings. The highest BCUT2D eigenvalue weighted by Gasteiger charge is 2.21. The molecular weight excluding hydrogens is 312 g/mol. The van der Waals surface area contributed by atoms with Gasteiger partial charge in [0, 0.05) is 0 Å². The topological polar surface area (TPSA) is 96.8 Å². The van der Waals surface area contributed by atoms with Crippen molar-refractivity contribution in [2.45, 2.75) is 13.5 Å². The molecule has 2 N–H and O–H groups in total. The molecule has 0 atom stereocenters. The fourth-order valence-corrected chi connectivity index (χ4v) is 2.39. The number of nitrogens with zero attached hydrogens (tertiary/aromatic N) is 1. The lowest BCUT2D eigenvalue weighted by molar-refractivity contribution is 0.0472. The summed E-state index contributed by atoms with van der Waals surface area (Å²) in [5.74, 6) is 0.359. The number of aryl methyl sites for hydroxylation is 1. The van der Waals surface area contributed by atoms with Crippen molar-refractivity contribution in [2.75, 3.05) is 18.9 Å². The number of hydrogen-bond donors (Lipinski definition) is 1. The van der Waals surface area contributed by atoms with E-state index in [0.29, 0.717) is 41.0 Å². The van der Waals surface area contributed by atoms with E-state index < -0.39 is 5.97 Å². The maximum atomic E-state index is 12.0. The first-order valence-corrected chi connectivity index (χ1v) is 6.91. The van der Waals surface area contributed by atoms with Crippen LogP contribution in [0.4, 0.5) is 5.88 Å². The maximum absolute atomic E-state index is 12.0. The third-order valence-electron chi connectivity index (χ3n) is 3.12. The molecule has 0 radical (unpaired) electrons. The van der Waals surface area contributed by atoms with Crippen LogP contribution < -0.4 is 15.2 Å². The van der Waals surface area contributed by atoms with Crippen molar-refractivity contribution in [3.63, 3.8) is 0 Å². The third kappa shape index (κ3) is 2.67. The Hall–Kier alpha value is -2.41. The molecule has 1 aliphatic rings. The lowest BCUT2D eigenvalue weighted by Gasteiger charge is -2.20. The fraction of sp³-hybridized carbons (Fsp3) is 0.286. The van der Waals surface area contributed by atoms with Crippen molar-refractivity contribution in [3.8, 4) is 11.5 Å². The first-order valence-electron chi connectivity index (χ1n) is 6.53. The van der Waals surface area contributed by atoms with Crippen LogP contribution >= 0.6 is 11.6 Å². The molecule has 7 nitrogen and oxygen atoms in total. The van der Waals surface area contributed by atoms with E-state index in [1.807, 2.05) is 0 Å². The van der Waals surface area contributed by atoms with Gasteiger partial charge in [-0.1, -0.05) is 16.8 Å². The Morgan fingerprint density at radius 2 is 2.18 bits per heavy atom. The molecule has 0 saturated carbocycles. The molecule has 0 fully saturated rings. The van der Waals surface area contributed by atoms with E-state index in [-0.39, 0.29) is 18.1 Å². The second kappa shape index (κ2) is 5.76. The molecule has 0 amide bonds. The fourth-order valence-electron chi connectivity index (χ4n) is 2.10. The molecule has 22 heavy (non-hydrogen) atoms. The summed E-state index contributed by atoms with van der Waals surface area (Å²) in [6.07, 6.45) is 0. The minimum atomic E-state index is -0.609. The Kier molecular flexibility index (Phi) is 3.81. The van der Waals surface area contributed by atoms with Crippen molar-refractivity contribution < 1.29 is 23.5 Å². The molecule has 0 aliphatic carbocycles. The molecule has 0 bridgehead atoms. The first-order chi connectivity index (χ1) is 10.6. The monoisotopic (exact) mass is 324 g/mol. The highest BCUT2D eigenvalue weighted by atomic mass is 35.5. The molecule has 1 aliphatic heterocycles. The van der Waals surface area contributed by atoms with E-state index in [1.165, 1.54) is 0 Å². The Morgan fingerprint density at radius 1 is 1.41 bits per heavy atom. The molecule has 2 heterocycles. The van der Waals surface area contributed by atoms with Crippen LogP contribution in [0.5, 0.6) is 11.5 Å². The number of nitrogen functional groups attached to an aromatic ring is 1. The number of fused-ring (bicyclic) bond motifs is 1. The van der Waals surface area contributed by atoms with E-state index in [1.54, 1.807) is 19.1 Å². The minimum Gasteiger partial charge on any atom is -0.486 e. The number of carbonyl (C=O) groups excluding carboxylic acids is 1. The average Bonchev–Trinajstić information content (AvgIpc) is 2.84. The Morgan fingerprint density at radius 3 is 2.91 bits per heavy atom. The predicted octanol–water partition coefficient (Wildman–Crippen LogP) is 2.35. The molecule has 1 aromatic carbocycles. The number of nitrogens with two attached hydrogens (primary N) is 1. The Labute approximate surface area is 130 Å². The number of rotatable bonds is 3. The molecule has 0 saturated heterocycles. The SMILES string of the molecule is Cc1noc(N)c1C(=O)OCc1cc(Cl)c2c(c1)OCCO2. The molecule has 8 heteroatoms. The van der Waals surface area contributed by atoms with Crippen molar-refractivity contribution in [3.05, 3.63) is 34.0 Å². The maximum Gasteiger partial charge on any atom is 0.346 e. The smallest absolute Gasteiger partial charge is 0.346 e. The quantitative estimate of drug-likeness (QED) is 0.865. The second-order valence-corrected chi connectivity index (χ2v) is 5.09. The average molecular weight is 325 g/mol. The number of benzene rings is 1. The van der Waals surface area contributed by atoms with Gasteiger partial charge < -0.3 is 24.5 Å². The van der Waals surface area contributed by atoms with E-state index in [4.69, 9.17) is 36.1 Å². The second-order valence-electron chi connectivity index (χ2n) is 4.69. The van der Waals surface area contributed by atoms with Crippen LogP contribution in [0.1, 0.15) is 21.6 Å². The van der Waals surface area contributed by atoms with Gasteiger partial charge in [0.05, 0.1) is 10.7 Å². The van der Waals surface area contributed by atoms with Crippen LogP contribution in [0.15, 0.2) is 16.7 Å². The van der Waals surface area contributed by atoms with E-state index in [0.717, 1.165) is 0 Å². The van der Waals surface area contributed by atoms with E-state index in [2.05, 4.69) is 5.16 Å². The predicted molar refractivity (Wildman–Crippen MR) is 77.2 cm³/mol. The number of halogens is 1. The highest BCUT2D eigenvalue weighted by molar-refractivity contribution is 6.32. The molecule has 3 rings (SSSR count). The van der Waals surface area contributed by atoms with Gasteiger partial charge in [0.15, 0.2) is 11.5 Å². The van der Waals surface area contributed by atoms with Gasteiger partial charge >= 0.3 is 5.97 Å². The molecule has 0 unspecified atom stereocenters. The Balaban J connectivity index is 1.74. The van der Waals surface area contributed by atoms with Crippen LogP contribution in [0.2, 0.25) is 5.02 Å². The molecule has 1 aromatic heterocycles. The van der Waals surface area contributed by atoms with Crippen LogP contribution in [-0.2, 0) is 11.3 Å². The summed E-state index contributed by atoms with van der Waals surface area (Å²) in [7, 11) is 0. The van der Waals surface area contributed by atoms with Crippen molar-refractivity contribution in [2.24, 2.45) is 0 Å². The summed E-state index contributed by atoms with van der Waals surface area (Å²) < 4.78 is 20.8. The van der Waals surface area contributed by atoms with Gasteiger partial charge in [0.1, 0.15) is 25.4 Å². The zero-order valence-corrected chi connectivity index (χ0v) is 12.5. The van der Waals surface area contributed by atoms with Crippen LogP contribution in [0, 0.1) is 6.92 Å². The minimum absolute atomic E-state index is 0.0131. The van der Waals surface area contributed by atoms with Crippen LogP contribution in [0.25, 0.3) is 0 Å². The van der Waals surface area contributed by atoms with Gasteiger partial charge in [-0.05, 0) is 24.6 Å². The lowest BCUT2D eigenvalue weighted by Crippen LogP contribution is -2.16. The first kappa shape index (κ1) is 14.5. The van der Waals surface area contributed by atoms with Gasteiger partial charge in [0.2, 0.25) is 5.88 Å². The van der Waals surface area contributed by atoms with Crippen molar-refractivity contribution >= 4 is 23.5 Å². The number of ether oxygens (including phenoxy) is 3. The standard InChI is InChI=1S/C14H13ClN2O5/c1-7-11(13(16)22-17-7)14(18)21-6-8-4-9(15)12-10(5-8)19-2-3-20-12/h4-5H,2-3,6,16H2,1H3. The van der Waals surface area contributed by atoms with Crippen molar-refractivity contribution in [1.29, 1.82) is 0 Å². The largest absolute Gasteiger partial charge is 0.486 e. The van der Waals surface area contributed by atoms with Gasteiger partial charge in [-0.3, -0.25) is 0 Å². The number of hydrogen-bond acceptors (Lipinski definition) is 7. The number of anilines is 1. The Bertz CT molecular complexity index is 709. The van der Waals surface area contributed by atoms with E-state index >= 15 is 0 Å². The number of esters is 1. The summed E-state index contributed by atoms with van der Waals surface area (Å²) in [5, 5.41) is 4.01. The third-order valence-corrected chi connectivity index (χ3v) is 3.40. The van der Waals surface area contributed by atoms with Crippen molar-refractivity contribution in [1.82, 2.24) is 5.16 Å². The normalized spacial score (nSPS) is 13.0. The summed E-state index contributed by atoms with van der Waals surface area (Å²) >= 11 is 6.12. The van der Waals surface area contributed by atoms with Crippen LogP contribution in [-0.4, -0.2) is 24.3 Å². The molecule has 0 spiro atoms. The number of carbonyl (C=O) groups is 1. The summed E-state index contributed by atoms with van der Waals surface area (Å²) in [6.45, 7) is 2.52. The van der Waals surface area contributed by atoms with Gasteiger partial charge in [0.25, 0.3) is 0 Å².